The molecule has 2 rings (SSSR count). The van der Waals surface area contributed by atoms with Crippen molar-refractivity contribution in [1.82, 2.24) is 0 Å². The van der Waals surface area contributed by atoms with Gasteiger partial charge in [-0.2, -0.15) is 0 Å². The molecule has 0 aliphatic carbocycles. The van der Waals surface area contributed by atoms with Gasteiger partial charge < -0.3 is 20.8 Å². The lowest BCUT2D eigenvalue weighted by Crippen LogP contribution is -2.12. The third-order valence-electron chi connectivity index (χ3n) is 2.94. The van der Waals surface area contributed by atoms with Crippen molar-refractivity contribution in [3.05, 3.63) is 59.2 Å². The minimum Gasteiger partial charge on any atom is -0.528 e. The Kier molecular flexibility index (Phi) is 5.13. The summed E-state index contributed by atoms with van der Waals surface area (Å²) in [5.74, 6) is -0.255. The first-order valence-corrected chi connectivity index (χ1v) is 6.36. The average molecular weight is 292 g/mol. The largest absolute Gasteiger partial charge is 0.576 e. The molecule has 7 heteroatoms. The quantitative estimate of drug-likeness (QED) is 0.793. The maximum atomic E-state index is 13.5. The molecule has 0 spiro atoms. The van der Waals surface area contributed by atoms with E-state index < -0.39 is 11.6 Å². The van der Waals surface area contributed by atoms with E-state index in [4.69, 9.17) is 20.8 Å². The third-order valence-corrected chi connectivity index (χ3v) is 2.94. The predicted molar refractivity (Wildman–Crippen MR) is 77.0 cm³/mol. The zero-order valence-electron chi connectivity index (χ0n) is 11.3. The average Bonchev–Trinajstić information content (AvgIpc) is 2.48. The van der Waals surface area contributed by atoms with Gasteiger partial charge in [0.2, 0.25) is 0 Å². The fraction of sp³-hybridized carbons (Fsp3) is 0.143. The predicted octanol–water partition coefficient (Wildman–Crippen LogP) is 1.61. The summed E-state index contributed by atoms with van der Waals surface area (Å²) >= 11 is 0. The molecule has 4 N–H and O–H groups in total. The van der Waals surface area contributed by atoms with Gasteiger partial charge in [0, 0.05) is 36.3 Å². The van der Waals surface area contributed by atoms with E-state index in [1.54, 1.807) is 24.3 Å². The topological polar surface area (TPSA) is 70.5 Å². The lowest BCUT2D eigenvalue weighted by molar-refractivity contribution is 0.453. The van der Waals surface area contributed by atoms with E-state index in [9.17, 15) is 8.78 Å². The van der Waals surface area contributed by atoms with Crippen LogP contribution in [0, 0.1) is 11.6 Å². The summed E-state index contributed by atoms with van der Waals surface area (Å²) in [6.45, 7) is 0.241. The van der Waals surface area contributed by atoms with Crippen LogP contribution in [-0.2, 0) is 13.1 Å². The SMILES string of the molecule is NCc1ccc(OBOc2ccc(CN)c(F)c2)cc1F. The summed E-state index contributed by atoms with van der Waals surface area (Å²) in [6.07, 6.45) is 0. The highest BCUT2D eigenvalue weighted by molar-refractivity contribution is 6.20. The van der Waals surface area contributed by atoms with Crippen LogP contribution >= 0.6 is 0 Å². The zero-order chi connectivity index (χ0) is 15.2. The Hall–Kier alpha value is -2.12. The molecule has 110 valence electrons. The van der Waals surface area contributed by atoms with Crippen molar-refractivity contribution in [3.63, 3.8) is 0 Å². The van der Waals surface area contributed by atoms with Crippen molar-refractivity contribution in [2.45, 2.75) is 13.1 Å². The molecule has 0 heterocycles. The Morgan fingerprint density at radius 1 is 0.810 bits per heavy atom. The number of benzene rings is 2. The van der Waals surface area contributed by atoms with Crippen molar-refractivity contribution in [2.24, 2.45) is 11.5 Å². The number of hydrogen-bond acceptors (Lipinski definition) is 4. The van der Waals surface area contributed by atoms with Crippen molar-refractivity contribution < 1.29 is 18.1 Å². The van der Waals surface area contributed by atoms with E-state index >= 15 is 0 Å². The molecular formula is C14H15BF2N2O2. The minimum atomic E-state index is -0.437. The van der Waals surface area contributed by atoms with Gasteiger partial charge in [0.25, 0.3) is 0 Å². The van der Waals surface area contributed by atoms with E-state index in [0.29, 0.717) is 22.6 Å². The molecule has 0 saturated heterocycles. The Labute approximate surface area is 122 Å². The summed E-state index contributed by atoms with van der Waals surface area (Å²) in [4.78, 5) is 0. The summed E-state index contributed by atoms with van der Waals surface area (Å²) in [6, 6.07) is 8.72. The van der Waals surface area contributed by atoms with Crippen molar-refractivity contribution in [1.29, 1.82) is 0 Å². The van der Waals surface area contributed by atoms with Crippen molar-refractivity contribution >= 4 is 7.69 Å². The fourth-order valence-electron chi connectivity index (χ4n) is 1.73. The highest BCUT2D eigenvalue weighted by Gasteiger charge is 2.06. The Balaban J connectivity index is 1.92. The number of halogens is 2. The third kappa shape index (κ3) is 3.93. The van der Waals surface area contributed by atoms with Gasteiger partial charge in [0.1, 0.15) is 23.1 Å². The monoisotopic (exact) mass is 292 g/mol. The van der Waals surface area contributed by atoms with E-state index in [1.165, 1.54) is 12.1 Å². The highest BCUT2D eigenvalue weighted by Crippen LogP contribution is 2.18. The van der Waals surface area contributed by atoms with Crippen LogP contribution in [0.15, 0.2) is 36.4 Å². The van der Waals surface area contributed by atoms with Crippen LogP contribution in [0.25, 0.3) is 0 Å². The first kappa shape index (κ1) is 15.3. The van der Waals surface area contributed by atoms with Crippen molar-refractivity contribution in [2.75, 3.05) is 0 Å². The van der Waals surface area contributed by atoms with Crippen LogP contribution in [-0.4, -0.2) is 7.69 Å². The highest BCUT2D eigenvalue weighted by atomic mass is 19.1. The maximum absolute atomic E-state index is 13.5. The molecule has 0 radical (unpaired) electrons. The fourth-order valence-corrected chi connectivity index (χ4v) is 1.73. The summed E-state index contributed by atoms with van der Waals surface area (Å²) in [7, 11) is -0.164. The van der Waals surface area contributed by atoms with Gasteiger partial charge in [0.15, 0.2) is 0 Å². The summed E-state index contributed by atoms with van der Waals surface area (Å²) in [5.41, 5.74) is 11.5. The van der Waals surface area contributed by atoms with Crippen LogP contribution < -0.4 is 20.8 Å². The molecule has 0 fully saturated rings. The van der Waals surface area contributed by atoms with Crippen LogP contribution in [0.1, 0.15) is 11.1 Å². The van der Waals surface area contributed by atoms with Gasteiger partial charge in [-0.3, -0.25) is 0 Å². The molecule has 2 aromatic carbocycles. The van der Waals surface area contributed by atoms with Gasteiger partial charge in [-0.15, -0.1) is 0 Å². The van der Waals surface area contributed by atoms with Crippen LogP contribution in [0.5, 0.6) is 11.5 Å². The number of hydrogen-bond donors (Lipinski definition) is 2. The molecule has 0 bridgehead atoms. The molecule has 0 aliphatic heterocycles. The van der Waals surface area contributed by atoms with E-state index in [0.717, 1.165) is 0 Å². The molecule has 21 heavy (non-hydrogen) atoms. The second kappa shape index (κ2) is 7.05. The first-order chi connectivity index (χ1) is 10.1. The molecule has 0 unspecified atom stereocenters. The van der Waals surface area contributed by atoms with Gasteiger partial charge in [-0.1, -0.05) is 12.1 Å². The Morgan fingerprint density at radius 2 is 1.24 bits per heavy atom. The van der Waals surface area contributed by atoms with Gasteiger partial charge >= 0.3 is 7.69 Å². The summed E-state index contributed by atoms with van der Waals surface area (Å²) < 4.78 is 37.4. The van der Waals surface area contributed by atoms with Gasteiger partial charge in [0.05, 0.1) is 0 Å². The lowest BCUT2D eigenvalue weighted by atomic mass is 10.2. The standard InChI is InChI=1S/C14H15BF2N2O2/c16-13-5-11(3-1-9(13)7-18)20-15-21-12-4-2-10(8-19)14(17)6-12/h1-6,15H,7-8,18-19H2. The molecule has 0 aromatic heterocycles. The molecule has 0 amide bonds. The molecule has 2 aromatic rings. The Bertz CT molecular complexity index is 572. The molecular weight excluding hydrogens is 277 g/mol. The zero-order valence-corrected chi connectivity index (χ0v) is 11.3. The van der Waals surface area contributed by atoms with E-state index in [2.05, 4.69) is 0 Å². The molecule has 0 atom stereocenters. The van der Waals surface area contributed by atoms with Crippen LogP contribution in [0.4, 0.5) is 8.78 Å². The van der Waals surface area contributed by atoms with Crippen LogP contribution in [0.3, 0.4) is 0 Å². The van der Waals surface area contributed by atoms with Crippen LogP contribution in [0.2, 0.25) is 0 Å². The summed E-state index contributed by atoms with van der Waals surface area (Å²) in [5, 5.41) is 0. The molecule has 4 nitrogen and oxygen atoms in total. The Morgan fingerprint density at radius 3 is 1.57 bits per heavy atom. The maximum Gasteiger partial charge on any atom is 0.576 e. The number of rotatable bonds is 6. The molecule has 0 saturated carbocycles. The normalized spacial score (nSPS) is 10.3. The van der Waals surface area contributed by atoms with Gasteiger partial charge in [-0.25, -0.2) is 8.78 Å². The molecule has 0 aliphatic rings. The second-order valence-corrected chi connectivity index (χ2v) is 4.32. The van der Waals surface area contributed by atoms with E-state index in [-0.39, 0.29) is 20.8 Å². The minimum absolute atomic E-state index is 0.120. The lowest BCUT2D eigenvalue weighted by Gasteiger charge is -2.09. The van der Waals surface area contributed by atoms with Crippen molar-refractivity contribution in [3.8, 4) is 11.5 Å². The smallest absolute Gasteiger partial charge is 0.528 e. The first-order valence-electron chi connectivity index (χ1n) is 6.36. The van der Waals surface area contributed by atoms with E-state index in [1.807, 2.05) is 0 Å². The second-order valence-electron chi connectivity index (χ2n) is 4.32. The number of nitrogens with two attached hydrogens (primary N) is 2. The van der Waals surface area contributed by atoms with Gasteiger partial charge in [-0.05, 0) is 12.1 Å².